The van der Waals surface area contributed by atoms with Crippen LogP contribution in [0.2, 0.25) is 0 Å². The average Bonchev–Trinajstić information content (AvgIpc) is 2.42. The van der Waals surface area contributed by atoms with Crippen LogP contribution < -0.4 is 5.32 Å². The highest BCUT2D eigenvalue weighted by Gasteiger charge is 2.14. The summed E-state index contributed by atoms with van der Waals surface area (Å²) in [5.41, 5.74) is 1.20. The molecule has 1 nitrogen and oxygen atoms in total. The third kappa shape index (κ3) is 6.51. The molecule has 0 aliphatic carbocycles. The fourth-order valence-corrected chi connectivity index (χ4v) is 2.46. The molecule has 0 aliphatic rings. The van der Waals surface area contributed by atoms with Gasteiger partial charge in [-0.05, 0) is 49.8 Å². The lowest BCUT2D eigenvalue weighted by Crippen LogP contribution is -2.31. The van der Waals surface area contributed by atoms with Crippen molar-refractivity contribution in [3.8, 4) is 0 Å². The molecular weight excluding hydrogens is 249 g/mol. The summed E-state index contributed by atoms with van der Waals surface area (Å²) in [5, 5.41) is 3.72. The molecule has 0 radical (unpaired) electrons. The summed E-state index contributed by atoms with van der Waals surface area (Å²) in [4.78, 5) is 0. The predicted octanol–water partition coefficient (Wildman–Crippen LogP) is 5.47. The Balaban J connectivity index is 2.61. The van der Waals surface area contributed by atoms with Gasteiger partial charge in [0.05, 0.1) is 0 Å². The molecule has 0 fully saturated rings. The SMILES string of the molecule is CCCCC(NC(C)CCC(C)C)c1ccc(F)cc1. The van der Waals surface area contributed by atoms with Crippen LogP contribution >= 0.6 is 0 Å². The maximum Gasteiger partial charge on any atom is 0.123 e. The zero-order chi connectivity index (χ0) is 15.0. The van der Waals surface area contributed by atoms with Crippen molar-refractivity contribution in [1.82, 2.24) is 5.32 Å². The minimum atomic E-state index is -0.157. The molecule has 2 heteroatoms. The van der Waals surface area contributed by atoms with E-state index in [1.54, 1.807) is 12.1 Å². The molecule has 1 N–H and O–H groups in total. The number of hydrogen-bond donors (Lipinski definition) is 1. The molecule has 0 aromatic heterocycles. The van der Waals surface area contributed by atoms with Crippen molar-refractivity contribution >= 4 is 0 Å². The number of hydrogen-bond acceptors (Lipinski definition) is 1. The van der Waals surface area contributed by atoms with Gasteiger partial charge in [0.2, 0.25) is 0 Å². The zero-order valence-electron chi connectivity index (χ0n) is 13.5. The Morgan fingerprint density at radius 1 is 1.00 bits per heavy atom. The van der Waals surface area contributed by atoms with Crippen molar-refractivity contribution in [3.63, 3.8) is 0 Å². The minimum Gasteiger partial charge on any atom is -0.307 e. The van der Waals surface area contributed by atoms with Gasteiger partial charge in [0, 0.05) is 12.1 Å². The van der Waals surface area contributed by atoms with Crippen molar-refractivity contribution < 1.29 is 4.39 Å². The van der Waals surface area contributed by atoms with Gasteiger partial charge in [0.25, 0.3) is 0 Å². The van der Waals surface area contributed by atoms with E-state index >= 15 is 0 Å². The standard InChI is InChI=1S/C18H30FN/c1-5-6-7-18(16-10-12-17(19)13-11-16)20-15(4)9-8-14(2)3/h10-15,18,20H,5-9H2,1-4H3. The molecule has 0 spiro atoms. The fraction of sp³-hybridized carbons (Fsp3) is 0.667. The first-order valence-corrected chi connectivity index (χ1v) is 8.04. The van der Waals surface area contributed by atoms with E-state index < -0.39 is 0 Å². The molecular formula is C18H30FN. The second-order valence-corrected chi connectivity index (χ2v) is 6.29. The number of rotatable bonds is 9. The predicted molar refractivity (Wildman–Crippen MR) is 85.3 cm³/mol. The lowest BCUT2D eigenvalue weighted by atomic mass is 9.98. The summed E-state index contributed by atoms with van der Waals surface area (Å²) in [6, 6.07) is 7.81. The monoisotopic (exact) mass is 279 g/mol. The summed E-state index contributed by atoms with van der Waals surface area (Å²) in [6.07, 6.45) is 5.96. The maximum atomic E-state index is 13.1. The van der Waals surface area contributed by atoms with Gasteiger partial charge in [-0.2, -0.15) is 0 Å². The average molecular weight is 279 g/mol. The molecule has 114 valence electrons. The van der Waals surface area contributed by atoms with E-state index in [0.29, 0.717) is 12.1 Å². The summed E-state index contributed by atoms with van der Waals surface area (Å²) < 4.78 is 13.1. The molecule has 20 heavy (non-hydrogen) atoms. The number of unbranched alkanes of at least 4 members (excludes halogenated alkanes) is 1. The second-order valence-electron chi connectivity index (χ2n) is 6.29. The number of benzene rings is 1. The highest BCUT2D eigenvalue weighted by atomic mass is 19.1. The highest BCUT2D eigenvalue weighted by molar-refractivity contribution is 5.20. The Labute approximate surface area is 124 Å². The first-order chi connectivity index (χ1) is 9.52. The Morgan fingerprint density at radius 3 is 2.20 bits per heavy atom. The number of halogens is 1. The molecule has 2 atom stereocenters. The first kappa shape index (κ1) is 17.2. The van der Waals surface area contributed by atoms with Crippen LogP contribution in [0, 0.1) is 11.7 Å². The van der Waals surface area contributed by atoms with Crippen LogP contribution in [0.25, 0.3) is 0 Å². The topological polar surface area (TPSA) is 12.0 Å². The zero-order valence-corrected chi connectivity index (χ0v) is 13.5. The van der Waals surface area contributed by atoms with Crippen LogP contribution in [0.4, 0.5) is 4.39 Å². The third-order valence-corrected chi connectivity index (χ3v) is 3.78. The van der Waals surface area contributed by atoms with Crippen LogP contribution in [0.3, 0.4) is 0 Å². The van der Waals surface area contributed by atoms with E-state index in [-0.39, 0.29) is 5.82 Å². The van der Waals surface area contributed by atoms with Gasteiger partial charge in [-0.1, -0.05) is 45.7 Å². The molecule has 0 saturated heterocycles. The van der Waals surface area contributed by atoms with Crippen LogP contribution in [0.1, 0.15) is 71.4 Å². The Morgan fingerprint density at radius 2 is 1.65 bits per heavy atom. The molecule has 0 amide bonds. The van der Waals surface area contributed by atoms with E-state index in [2.05, 4.69) is 33.0 Å². The lowest BCUT2D eigenvalue weighted by molar-refractivity contribution is 0.385. The molecule has 1 rings (SSSR count). The smallest absolute Gasteiger partial charge is 0.123 e. The largest absolute Gasteiger partial charge is 0.307 e. The molecule has 1 aromatic carbocycles. The van der Waals surface area contributed by atoms with E-state index in [0.717, 1.165) is 12.3 Å². The van der Waals surface area contributed by atoms with Crippen molar-refractivity contribution in [2.75, 3.05) is 0 Å². The molecule has 0 saturated carbocycles. The van der Waals surface area contributed by atoms with Gasteiger partial charge in [0.15, 0.2) is 0 Å². The van der Waals surface area contributed by atoms with Gasteiger partial charge >= 0.3 is 0 Å². The molecule has 1 aromatic rings. The van der Waals surface area contributed by atoms with Gasteiger partial charge < -0.3 is 5.32 Å². The maximum absolute atomic E-state index is 13.1. The van der Waals surface area contributed by atoms with Crippen molar-refractivity contribution in [2.45, 2.75) is 71.9 Å². The highest BCUT2D eigenvalue weighted by Crippen LogP contribution is 2.21. The van der Waals surface area contributed by atoms with Crippen LogP contribution in [-0.4, -0.2) is 6.04 Å². The van der Waals surface area contributed by atoms with Gasteiger partial charge in [-0.15, -0.1) is 0 Å². The van der Waals surface area contributed by atoms with Crippen molar-refractivity contribution in [1.29, 1.82) is 0 Å². The van der Waals surface area contributed by atoms with Crippen LogP contribution in [-0.2, 0) is 0 Å². The van der Waals surface area contributed by atoms with Crippen LogP contribution in [0.5, 0.6) is 0 Å². The molecule has 0 bridgehead atoms. The van der Waals surface area contributed by atoms with Gasteiger partial charge in [-0.3, -0.25) is 0 Å². The first-order valence-electron chi connectivity index (χ1n) is 8.04. The van der Waals surface area contributed by atoms with Crippen LogP contribution in [0.15, 0.2) is 24.3 Å². The summed E-state index contributed by atoms with van der Waals surface area (Å²) >= 11 is 0. The summed E-state index contributed by atoms with van der Waals surface area (Å²) in [5.74, 6) is 0.593. The molecule has 0 heterocycles. The van der Waals surface area contributed by atoms with E-state index in [4.69, 9.17) is 0 Å². The lowest BCUT2D eigenvalue weighted by Gasteiger charge is -2.24. The third-order valence-electron chi connectivity index (χ3n) is 3.78. The Bertz CT molecular complexity index is 358. The van der Waals surface area contributed by atoms with Crippen molar-refractivity contribution in [3.05, 3.63) is 35.6 Å². The molecule has 0 aliphatic heterocycles. The van der Waals surface area contributed by atoms with E-state index in [1.165, 1.54) is 31.2 Å². The van der Waals surface area contributed by atoms with Gasteiger partial charge in [-0.25, -0.2) is 4.39 Å². The van der Waals surface area contributed by atoms with E-state index in [9.17, 15) is 4.39 Å². The number of nitrogens with one attached hydrogen (secondary N) is 1. The molecule has 2 unspecified atom stereocenters. The normalized spacial score (nSPS) is 14.5. The summed E-state index contributed by atoms with van der Waals surface area (Å²) in [6.45, 7) is 9.00. The van der Waals surface area contributed by atoms with Gasteiger partial charge in [0.1, 0.15) is 5.82 Å². The Kier molecular flexibility index (Phi) is 7.83. The van der Waals surface area contributed by atoms with Crippen molar-refractivity contribution in [2.24, 2.45) is 5.92 Å². The Hall–Kier alpha value is -0.890. The minimum absolute atomic E-state index is 0.157. The summed E-state index contributed by atoms with van der Waals surface area (Å²) in [7, 11) is 0. The fourth-order valence-electron chi connectivity index (χ4n) is 2.46. The second kappa shape index (κ2) is 9.12. The van der Waals surface area contributed by atoms with E-state index in [1.807, 2.05) is 12.1 Å². The quantitative estimate of drug-likeness (QED) is 0.632.